The van der Waals surface area contributed by atoms with Gasteiger partial charge in [-0.3, -0.25) is 0 Å². The first-order chi connectivity index (χ1) is 5.88. The van der Waals surface area contributed by atoms with Gasteiger partial charge in [0.1, 0.15) is 0 Å². The van der Waals surface area contributed by atoms with Gasteiger partial charge in [0.05, 0.1) is 0 Å². The van der Waals surface area contributed by atoms with Crippen LogP contribution in [0.3, 0.4) is 0 Å². The summed E-state index contributed by atoms with van der Waals surface area (Å²) in [4.78, 5) is 2.70. The van der Waals surface area contributed by atoms with Gasteiger partial charge in [0, 0.05) is 6.04 Å². The predicted molar refractivity (Wildman–Crippen MR) is 51.2 cm³/mol. The lowest BCUT2D eigenvalue weighted by Gasteiger charge is -2.36. The van der Waals surface area contributed by atoms with Crippen molar-refractivity contribution in [2.24, 2.45) is 5.92 Å². The summed E-state index contributed by atoms with van der Waals surface area (Å²) in [5.74, 6) is 0.858. The van der Waals surface area contributed by atoms with Crippen LogP contribution in [-0.2, 0) is 0 Å². The summed E-state index contributed by atoms with van der Waals surface area (Å²) in [5.41, 5.74) is 0. The maximum absolute atomic E-state index is 3.46. The molecule has 2 rings (SSSR count). The second kappa shape index (κ2) is 3.75. The number of piperidine rings is 1. The van der Waals surface area contributed by atoms with Gasteiger partial charge in [-0.2, -0.15) is 0 Å². The van der Waals surface area contributed by atoms with Crippen molar-refractivity contribution in [1.82, 2.24) is 10.2 Å². The maximum Gasteiger partial charge on any atom is 0.0145 e. The van der Waals surface area contributed by atoms with Crippen molar-refractivity contribution in [3.8, 4) is 0 Å². The Balaban J connectivity index is 1.91. The van der Waals surface area contributed by atoms with E-state index in [1.165, 1.54) is 45.4 Å². The van der Waals surface area contributed by atoms with Crippen LogP contribution in [0.4, 0.5) is 0 Å². The second-order valence-corrected chi connectivity index (χ2v) is 4.28. The SMILES string of the molecule is CC1CNCCC1N1CCCC1. The highest BCUT2D eigenvalue weighted by molar-refractivity contribution is 4.85. The lowest BCUT2D eigenvalue weighted by Crippen LogP contribution is -2.47. The summed E-state index contributed by atoms with van der Waals surface area (Å²) in [6.45, 7) is 7.55. The minimum absolute atomic E-state index is 0.858. The molecule has 0 aromatic rings. The largest absolute Gasteiger partial charge is 0.316 e. The van der Waals surface area contributed by atoms with Crippen molar-refractivity contribution in [2.45, 2.75) is 32.2 Å². The number of nitrogens with zero attached hydrogens (tertiary/aromatic N) is 1. The zero-order chi connectivity index (χ0) is 8.39. The van der Waals surface area contributed by atoms with E-state index in [0.717, 1.165) is 12.0 Å². The molecule has 2 saturated heterocycles. The van der Waals surface area contributed by atoms with Crippen molar-refractivity contribution < 1.29 is 0 Å². The summed E-state index contributed by atoms with van der Waals surface area (Å²) >= 11 is 0. The minimum Gasteiger partial charge on any atom is -0.316 e. The van der Waals surface area contributed by atoms with Gasteiger partial charge < -0.3 is 10.2 Å². The van der Waals surface area contributed by atoms with E-state index in [0.29, 0.717) is 0 Å². The minimum atomic E-state index is 0.858. The molecule has 2 nitrogen and oxygen atoms in total. The molecule has 0 radical (unpaired) electrons. The third kappa shape index (κ3) is 1.64. The Hall–Kier alpha value is -0.0800. The highest BCUT2D eigenvalue weighted by Gasteiger charge is 2.28. The first kappa shape index (κ1) is 8.52. The van der Waals surface area contributed by atoms with Gasteiger partial charge in [-0.05, 0) is 51.4 Å². The van der Waals surface area contributed by atoms with Gasteiger partial charge in [0.2, 0.25) is 0 Å². The number of hydrogen-bond donors (Lipinski definition) is 1. The Morgan fingerprint density at radius 1 is 1.25 bits per heavy atom. The Kier molecular flexibility index (Phi) is 2.66. The zero-order valence-electron chi connectivity index (χ0n) is 8.05. The van der Waals surface area contributed by atoms with E-state index in [2.05, 4.69) is 17.1 Å². The molecule has 2 aliphatic rings. The van der Waals surface area contributed by atoms with E-state index in [4.69, 9.17) is 0 Å². The molecular formula is C10H20N2. The van der Waals surface area contributed by atoms with Crippen LogP contribution in [-0.4, -0.2) is 37.1 Å². The van der Waals surface area contributed by atoms with E-state index >= 15 is 0 Å². The molecule has 2 fully saturated rings. The highest BCUT2D eigenvalue weighted by atomic mass is 15.2. The first-order valence-electron chi connectivity index (χ1n) is 5.32. The van der Waals surface area contributed by atoms with Gasteiger partial charge in [-0.1, -0.05) is 6.92 Å². The van der Waals surface area contributed by atoms with Crippen molar-refractivity contribution in [1.29, 1.82) is 0 Å². The van der Waals surface area contributed by atoms with Crippen LogP contribution in [0.25, 0.3) is 0 Å². The van der Waals surface area contributed by atoms with E-state index < -0.39 is 0 Å². The summed E-state index contributed by atoms with van der Waals surface area (Å²) in [5, 5.41) is 3.46. The number of likely N-dealkylation sites (tertiary alicyclic amines) is 1. The Morgan fingerprint density at radius 3 is 2.67 bits per heavy atom. The fourth-order valence-electron chi connectivity index (χ4n) is 2.62. The van der Waals surface area contributed by atoms with Crippen LogP contribution in [0.5, 0.6) is 0 Å². The van der Waals surface area contributed by atoms with Crippen LogP contribution < -0.4 is 5.32 Å². The lowest BCUT2D eigenvalue weighted by molar-refractivity contribution is 0.148. The van der Waals surface area contributed by atoms with Crippen LogP contribution in [0, 0.1) is 5.92 Å². The van der Waals surface area contributed by atoms with E-state index in [1.54, 1.807) is 0 Å². The maximum atomic E-state index is 3.46. The van der Waals surface area contributed by atoms with Crippen LogP contribution >= 0.6 is 0 Å². The quantitative estimate of drug-likeness (QED) is 0.630. The molecule has 2 heteroatoms. The monoisotopic (exact) mass is 168 g/mol. The van der Waals surface area contributed by atoms with Crippen LogP contribution in [0.1, 0.15) is 26.2 Å². The first-order valence-corrected chi connectivity index (χ1v) is 5.32. The van der Waals surface area contributed by atoms with E-state index in [1.807, 2.05) is 0 Å². The number of rotatable bonds is 1. The van der Waals surface area contributed by atoms with Crippen molar-refractivity contribution >= 4 is 0 Å². The molecule has 2 heterocycles. The van der Waals surface area contributed by atoms with Crippen molar-refractivity contribution in [3.63, 3.8) is 0 Å². The lowest BCUT2D eigenvalue weighted by atomic mass is 9.94. The van der Waals surface area contributed by atoms with E-state index in [9.17, 15) is 0 Å². The molecule has 2 atom stereocenters. The molecule has 70 valence electrons. The van der Waals surface area contributed by atoms with Gasteiger partial charge in [-0.15, -0.1) is 0 Å². The Labute approximate surface area is 75.3 Å². The molecule has 0 amide bonds. The summed E-state index contributed by atoms with van der Waals surface area (Å²) in [7, 11) is 0. The highest BCUT2D eigenvalue weighted by Crippen LogP contribution is 2.21. The van der Waals surface area contributed by atoms with Gasteiger partial charge in [-0.25, -0.2) is 0 Å². The predicted octanol–water partition coefficient (Wildman–Crippen LogP) is 1.08. The van der Waals surface area contributed by atoms with Crippen LogP contribution in [0.15, 0.2) is 0 Å². The molecule has 0 saturated carbocycles. The molecule has 0 spiro atoms. The third-order valence-corrected chi connectivity index (χ3v) is 3.35. The van der Waals surface area contributed by atoms with Crippen LogP contribution in [0.2, 0.25) is 0 Å². The smallest absolute Gasteiger partial charge is 0.0145 e. The second-order valence-electron chi connectivity index (χ2n) is 4.28. The average molecular weight is 168 g/mol. The average Bonchev–Trinajstić information content (AvgIpc) is 2.57. The molecule has 0 aromatic heterocycles. The number of nitrogens with one attached hydrogen (secondary N) is 1. The Bertz CT molecular complexity index is 141. The standard InChI is InChI=1S/C10H20N2/c1-9-8-11-5-4-10(9)12-6-2-3-7-12/h9-11H,2-8H2,1H3. The summed E-state index contributed by atoms with van der Waals surface area (Å²) in [6.07, 6.45) is 4.22. The molecule has 0 bridgehead atoms. The Morgan fingerprint density at radius 2 is 2.00 bits per heavy atom. The molecule has 2 aliphatic heterocycles. The van der Waals surface area contributed by atoms with Gasteiger partial charge in [0.15, 0.2) is 0 Å². The summed E-state index contributed by atoms with van der Waals surface area (Å²) in [6, 6.07) is 0.883. The van der Waals surface area contributed by atoms with E-state index in [-0.39, 0.29) is 0 Å². The molecular weight excluding hydrogens is 148 g/mol. The topological polar surface area (TPSA) is 15.3 Å². The third-order valence-electron chi connectivity index (χ3n) is 3.35. The number of hydrogen-bond acceptors (Lipinski definition) is 2. The van der Waals surface area contributed by atoms with Gasteiger partial charge in [0.25, 0.3) is 0 Å². The molecule has 0 aliphatic carbocycles. The molecule has 12 heavy (non-hydrogen) atoms. The zero-order valence-corrected chi connectivity index (χ0v) is 8.05. The van der Waals surface area contributed by atoms with Crippen molar-refractivity contribution in [2.75, 3.05) is 26.2 Å². The molecule has 2 unspecified atom stereocenters. The van der Waals surface area contributed by atoms with Gasteiger partial charge >= 0.3 is 0 Å². The molecule has 1 N–H and O–H groups in total. The fourth-order valence-corrected chi connectivity index (χ4v) is 2.62. The molecule has 0 aromatic carbocycles. The summed E-state index contributed by atoms with van der Waals surface area (Å²) < 4.78 is 0. The normalized spacial score (nSPS) is 38.8. The fraction of sp³-hybridized carbons (Fsp3) is 1.00. The van der Waals surface area contributed by atoms with Crippen molar-refractivity contribution in [3.05, 3.63) is 0 Å².